The number of carboxylic acids is 1. The fourth-order valence-corrected chi connectivity index (χ4v) is 2.75. The van der Waals surface area contributed by atoms with Crippen LogP contribution in [0.3, 0.4) is 0 Å². The Balaban J connectivity index is 2.02. The molecule has 1 atom stereocenters. The second kappa shape index (κ2) is 6.49. The van der Waals surface area contributed by atoms with E-state index < -0.39 is 5.97 Å². The van der Waals surface area contributed by atoms with Gasteiger partial charge in [-0.2, -0.15) is 0 Å². The third kappa shape index (κ3) is 3.65. The van der Waals surface area contributed by atoms with Gasteiger partial charge in [0.25, 0.3) is 0 Å². The van der Waals surface area contributed by atoms with Gasteiger partial charge in [-0.25, -0.2) is 4.98 Å². The van der Waals surface area contributed by atoms with Gasteiger partial charge in [-0.1, -0.05) is 6.07 Å². The number of aliphatic carboxylic acids is 1. The molecule has 0 aliphatic heterocycles. The summed E-state index contributed by atoms with van der Waals surface area (Å²) in [6.45, 7) is 3.53. The van der Waals surface area contributed by atoms with Crippen LogP contribution >= 0.6 is 11.3 Å². The number of hydrogen-bond donors (Lipinski definition) is 2. The smallest absolute Gasteiger partial charge is 0.305 e. The summed E-state index contributed by atoms with van der Waals surface area (Å²) in [4.78, 5) is 16.1. The van der Waals surface area contributed by atoms with Gasteiger partial charge in [0.15, 0.2) is 0 Å². The predicted octanol–water partition coefficient (Wildman–Crippen LogP) is 2.27. The van der Waals surface area contributed by atoms with Crippen LogP contribution in [0.15, 0.2) is 30.0 Å². The zero-order valence-electron chi connectivity index (χ0n) is 10.7. The van der Waals surface area contributed by atoms with Crippen LogP contribution in [0.1, 0.15) is 30.0 Å². The molecule has 0 aromatic carbocycles. The molecular weight excluding hydrogens is 262 g/mol. The Kier molecular flexibility index (Phi) is 4.70. The molecule has 1 unspecified atom stereocenters. The fraction of sp³-hybridized carbons (Fsp3) is 0.385. The van der Waals surface area contributed by atoms with Gasteiger partial charge in [0, 0.05) is 24.2 Å². The summed E-state index contributed by atoms with van der Waals surface area (Å²) in [6, 6.07) is 3.74. The zero-order chi connectivity index (χ0) is 13.7. The summed E-state index contributed by atoms with van der Waals surface area (Å²) in [5.74, 6) is -0.796. The van der Waals surface area contributed by atoms with Crippen molar-refractivity contribution < 1.29 is 9.90 Å². The number of thiophene rings is 1. The molecular formula is C13H17N3O2S. The molecule has 0 radical (unpaired) electrons. The highest BCUT2D eigenvalue weighted by molar-refractivity contribution is 7.10. The minimum Gasteiger partial charge on any atom is -0.481 e. The first-order valence-corrected chi connectivity index (χ1v) is 7.06. The number of rotatable bonds is 7. The standard InChI is InChI=1S/C13H17N3O2S/c1-2-16-9-14-7-10(16)8-15-11(6-13(17)18)12-4-3-5-19-12/h3-5,7,9,11,15H,2,6,8H2,1H3,(H,17,18). The van der Waals surface area contributed by atoms with Gasteiger partial charge in [-0.3, -0.25) is 4.79 Å². The summed E-state index contributed by atoms with van der Waals surface area (Å²) in [6.07, 6.45) is 3.68. The lowest BCUT2D eigenvalue weighted by atomic mass is 10.1. The molecule has 2 heterocycles. The molecule has 0 fully saturated rings. The van der Waals surface area contributed by atoms with Crippen molar-refractivity contribution in [3.05, 3.63) is 40.6 Å². The van der Waals surface area contributed by atoms with Crippen LogP contribution in [0.4, 0.5) is 0 Å². The average Bonchev–Trinajstić information content (AvgIpc) is 3.04. The van der Waals surface area contributed by atoms with Crippen molar-refractivity contribution in [1.82, 2.24) is 14.9 Å². The lowest BCUT2D eigenvalue weighted by Crippen LogP contribution is -2.24. The Hall–Kier alpha value is -1.66. The molecule has 0 saturated carbocycles. The summed E-state index contributed by atoms with van der Waals surface area (Å²) < 4.78 is 2.04. The van der Waals surface area contributed by atoms with Crippen LogP contribution in [-0.2, 0) is 17.9 Å². The number of nitrogens with zero attached hydrogens (tertiary/aromatic N) is 2. The second-order valence-corrected chi connectivity index (χ2v) is 5.20. The van der Waals surface area contributed by atoms with E-state index in [0.717, 1.165) is 17.1 Å². The monoisotopic (exact) mass is 279 g/mol. The molecule has 5 nitrogen and oxygen atoms in total. The van der Waals surface area contributed by atoms with Crippen molar-refractivity contribution >= 4 is 17.3 Å². The Labute approximate surface area is 115 Å². The first kappa shape index (κ1) is 13.8. The molecule has 0 aliphatic carbocycles. The number of nitrogens with one attached hydrogen (secondary N) is 1. The van der Waals surface area contributed by atoms with Crippen LogP contribution in [0.25, 0.3) is 0 Å². The van der Waals surface area contributed by atoms with Crippen molar-refractivity contribution in [2.24, 2.45) is 0 Å². The third-order valence-corrected chi connectivity index (χ3v) is 3.92. The first-order chi connectivity index (χ1) is 9.20. The molecule has 6 heteroatoms. The minimum absolute atomic E-state index is 0.0841. The van der Waals surface area contributed by atoms with E-state index in [1.165, 1.54) is 0 Å². The van der Waals surface area contributed by atoms with E-state index in [1.54, 1.807) is 17.7 Å². The Bertz CT molecular complexity index is 522. The maximum Gasteiger partial charge on any atom is 0.305 e. The lowest BCUT2D eigenvalue weighted by Gasteiger charge is -2.16. The van der Waals surface area contributed by atoms with E-state index in [9.17, 15) is 4.79 Å². The number of aryl methyl sites for hydroxylation is 1. The largest absolute Gasteiger partial charge is 0.481 e. The van der Waals surface area contributed by atoms with Crippen LogP contribution in [0.2, 0.25) is 0 Å². The van der Waals surface area contributed by atoms with Gasteiger partial charge < -0.3 is 15.0 Å². The van der Waals surface area contributed by atoms with Crippen molar-refractivity contribution in [3.63, 3.8) is 0 Å². The number of hydrogen-bond acceptors (Lipinski definition) is 4. The Morgan fingerprint density at radius 1 is 1.63 bits per heavy atom. The van der Waals surface area contributed by atoms with Crippen molar-refractivity contribution in [2.45, 2.75) is 32.5 Å². The summed E-state index contributed by atoms with van der Waals surface area (Å²) >= 11 is 1.57. The number of aromatic nitrogens is 2. The number of carboxylic acid groups (broad SMARTS) is 1. The quantitative estimate of drug-likeness (QED) is 0.816. The predicted molar refractivity (Wildman–Crippen MR) is 74.1 cm³/mol. The van der Waals surface area contributed by atoms with E-state index >= 15 is 0 Å². The van der Waals surface area contributed by atoms with Crippen molar-refractivity contribution in [2.75, 3.05) is 0 Å². The molecule has 2 N–H and O–H groups in total. The van der Waals surface area contributed by atoms with Crippen LogP contribution < -0.4 is 5.32 Å². The third-order valence-electron chi connectivity index (χ3n) is 2.93. The lowest BCUT2D eigenvalue weighted by molar-refractivity contribution is -0.137. The van der Waals surface area contributed by atoms with Crippen LogP contribution in [-0.4, -0.2) is 20.6 Å². The van der Waals surface area contributed by atoms with E-state index in [-0.39, 0.29) is 12.5 Å². The summed E-state index contributed by atoms with van der Waals surface area (Å²) in [5, 5.41) is 14.2. The highest BCUT2D eigenvalue weighted by Crippen LogP contribution is 2.22. The molecule has 0 amide bonds. The normalized spacial score (nSPS) is 12.5. The Morgan fingerprint density at radius 2 is 2.47 bits per heavy atom. The van der Waals surface area contributed by atoms with Gasteiger partial charge in [0.05, 0.1) is 24.5 Å². The second-order valence-electron chi connectivity index (χ2n) is 4.22. The number of carbonyl (C=O) groups is 1. The average molecular weight is 279 g/mol. The molecule has 2 aromatic heterocycles. The molecule has 0 bridgehead atoms. The van der Waals surface area contributed by atoms with E-state index in [2.05, 4.69) is 17.2 Å². The molecule has 0 saturated heterocycles. The van der Waals surface area contributed by atoms with Gasteiger partial charge in [0.1, 0.15) is 0 Å². The van der Waals surface area contributed by atoms with Gasteiger partial charge in [-0.05, 0) is 18.4 Å². The van der Waals surface area contributed by atoms with Crippen molar-refractivity contribution in [3.8, 4) is 0 Å². The zero-order valence-corrected chi connectivity index (χ0v) is 11.6. The molecule has 2 aromatic rings. The van der Waals surface area contributed by atoms with Crippen LogP contribution in [0, 0.1) is 0 Å². The SMILES string of the molecule is CCn1cncc1CNC(CC(=O)O)c1cccs1. The van der Waals surface area contributed by atoms with Crippen LogP contribution in [0.5, 0.6) is 0 Å². The fourth-order valence-electron chi connectivity index (χ4n) is 1.95. The van der Waals surface area contributed by atoms with Gasteiger partial charge in [0.2, 0.25) is 0 Å². The first-order valence-electron chi connectivity index (χ1n) is 6.18. The highest BCUT2D eigenvalue weighted by Gasteiger charge is 2.16. The summed E-state index contributed by atoms with van der Waals surface area (Å²) in [7, 11) is 0. The van der Waals surface area contributed by atoms with Crippen molar-refractivity contribution in [1.29, 1.82) is 0 Å². The Morgan fingerprint density at radius 3 is 3.11 bits per heavy atom. The number of imidazole rings is 1. The molecule has 0 spiro atoms. The molecule has 102 valence electrons. The molecule has 0 aliphatic rings. The summed E-state index contributed by atoms with van der Waals surface area (Å²) in [5.41, 5.74) is 1.06. The van der Waals surface area contributed by atoms with E-state index in [1.807, 2.05) is 28.3 Å². The minimum atomic E-state index is -0.796. The van der Waals surface area contributed by atoms with Gasteiger partial charge >= 0.3 is 5.97 Å². The maximum atomic E-state index is 10.9. The topological polar surface area (TPSA) is 67.2 Å². The molecule has 2 rings (SSSR count). The maximum absolute atomic E-state index is 10.9. The van der Waals surface area contributed by atoms with E-state index in [4.69, 9.17) is 5.11 Å². The highest BCUT2D eigenvalue weighted by atomic mass is 32.1. The van der Waals surface area contributed by atoms with E-state index in [0.29, 0.717) is 6.54 Å². The van der Waals surface area contributed by atoms with Gasteiger partial charge in [-0.15, -0.1) is 11.3 Å². The molecule has 19 heavy (non-hydrogen) atoms.